The van der Waals surface area contributed by atoms with Crippen LogP contribution in [0, 0.1) is 5.92 Å². The molecular weight excluding hydrogens is 166 g/mol. The molecule has 0 N–H and O–H groups in total. The van der Waals surface area contributed by atoms with Crippen LogP contribution < -0.4 is 0 Å². The molecule has 72 valence electrons. The first-order valence-electron chi connectivity index (χ1n) is 4.48. The van der Waals surface area contributed by atoms with E-state index in [0.29, 0.717) is 6.54 Å². The predicted octanol–water partition coefficient (Wildman–Crippen LogP) is 0.998. The quantitative estimate of drug-likeness (QED) is 0.596. The number of ketones is 1. The second kappa shape index (κ2) is 3.73. The lowest BCUT2D eigenvalue weighted by atomic mass is 9.98. The topological polar surface area (TPSA) is 37.4 Å². The summed E-state index contributed by atoms with van der Waals surface area (Å²) in [4.78, 5) is 24.1. The van der Waals surface area contributed by atoms with Gasteiger partial charge in [-0.25, -0.2) is 0 Å². The van der Waals surface area contributed by atoms with Crippen molar-refractivity contribution in [1.82, 2.24) is 4.90 Å². The van der Waals surface area contributed by atoms with Crippen molar-refractivity contribution in [3.8, 4) is 0 Å². The van der Waals surface area contributed by atoms with Crippen LogP contribution in [0.1, 0.15) is 20.3 Å². The highest BCUT2D eigenvalue weighted by molar-refractivity contribution is 5.87. The molecule has 0 radical (unpaired) electrons. The monoisotopic (exact) mass is 181 g/mol. The minimum absolute atomic E-state index is 0.0236. The van der Waals surface area contributed by atoms with Crippen LogP contribution in [-0.4, -0.2) is 29.2 Å². The van der Waals surface area contributed by atoms with Gasteiger partial charge in [-0.3, -0.25) is 9.59 Å². The Morgan fingerprint density at radius 3 is 2.46 bits per heavy atom. The molecule has 3 nitrogen and oxygen atoms in total. The van der Waals surface area contributed by atoms with Crippen LogP contribution in [-0.2, 0) is 9.59 Å². The number of carbonyl (C=O) groups is 2. The molecule has 0 spiro atoms. The molecule has 3 heteroatoms. The number of hydrogen-bond donors (Lipinski definition) is 0. The summed E-state index contributed by atoms with van der Waals surface area (Å²) < 4.78 is 0. The zero-order valence-corrected chi connectivity index (χ0v) is 8.12. The van der Waals surface area contributed by atoms with Crippen molar-refractivity contribution in [3.05, 3.63) is 12.7 Å². The standard InChI is InChI=1S/C10H15NO2/c1-4-9-5-6-11(8(3)13)10(9)7(2)12/h4,9-10H,1,5-6H2,2-3H3/t9-,10+/m0/s1. The van der Waals surface area contributed by atoms with Crippen LogP contribution in [0.15, 0.2) is 12.7 Å². The Morgan fingerprint density at radius 2 is 2.08 bits per heavy atom. The largest absolute Gasteiger partial charge is 0.332 e. The van der Waals surface area contributed by atoms with Crippen LogP contribution in [0.2, 0.25) is 0 Å². The van der Waals surface area contributed by atoms with Gasteiger partial charge in [0.15, 0.2) is 5.78 Å². The van der Waals surface area contributed by atoms with Crippen LogP contribution in [0.5, 0.6) is 0 Å². The predicted molar refractivity (Wildman–Crippen MR) is 50.2 cm³/mol. The Kier molecular flexibility index (Phi) is 2.86. The van der Waals surface area contributed by atoms with Crippen molar-refractivity contribution in [3.63, 3.8) is 0 Å². The van der Waals surface area contributed by atoms with Crippen molar-refractivity contribution in [1.29, 1.82) is 0 Å². The van der Waals surface area contributed by atoms with E-state index in [9.17, 15) is 9.59 Å². The number of carbonyl (C=O) groups excluding carboxylic acids is 2. The fourth-order valence-corrected chi connectivity index (χ4v) is 1.94. The maximum atomic E-state index is 11.3. The van der Waals surface area contributed by atoms with E-state index < -0.39 is 0 Å². The zero-order valence-electron chi connectivity index (χ0n) is 8.12. The molecule has 13 heavy (non-hydrogen) atoms. The third kappa shape index (κ3) is 1.79. The van der Waals surface area contributed by atoms with Crippen molar-refractivity contribution < 1.29 is 9.59 Å². The summed E-state index contributed by atoms with van der Waals surface area (Å²) in [5.74, 6) is 0.170. The molecule has 0 bridgehead atoms. The van der Waals surface area contributed by atoms with Gasteiger partial charge in [-0.05, 0) is 13.3 Å². The Bertz CT molecular complexity index is 247. The average molecular weight is 181 g/mol. The molecule has 1 amide bonds. The zero-order chi connectivity index (χ0) is 10.0. The van der Waals surface area contributed by atoms with E-state index >= 15 is 0 Å². The van der Waals surface area contributed by atoms with E-state index in [0.717, 1.165) is 6.42 Å². The highest BCUT2D eigenvalue weighted by Gasteiger charge is 2.36. The van der Waals surface area contributed by atoms with E-state index in [2.05, 4.69) is 6.58 Å². The summed E-state index contributed by atoms with van der Waals surface area (Å²) in [6, 6.07) is -0.269. The van der Waals surface area contributed by atoms with Crippen molar-refractivity contribution >= 4 is 11.7 Å². The summed E-state index contributed by atoms with van der Waals surface area (Å²) in [7, 11) is 0. The highest BCUT2D eigenvalue weighted by Crippen LogP contribution is 2.25. The van der Waals surface area contributed by atoms with E-state index in [1.165, 1.54) is 13.8 Å². The number of nitrogens with zero attached hydrogens (tertiary/aromatic N) is 1. The van der Waals surface area contributed by atoms with Crippen LogP contribution in [0.3, 0.4) is 0 Å². The molecule has 0 saturated carbocycles. The molecule has 0 aliphatic carbocycles. The number of rotatable bonds is 2. The molecule has 1 saturated heterocycles. The summed E-state index contributed by atoms with van der Waals surface area (Å²) in [5, 5.41) is 0. The fourth-order valence-electron chi connectivity index (χ4n) is 1.94. The molecule has 1 aliphatic rings. The highest BCUT2D eigenvalue weighted by atomic mass is 16.2. The van der Waals surface area contributed by atoms with Crippen LogP contribution >= 0.6 is 0 Å². The van der Waals surface area contributed by atoms with Gasteiger partial charge in [-0.2, -0.15) is 0 Å². The van der Waals surface area contributed by atoms with Crippen LogP contribution in [0.4, 0.5) is 0 Å². The summed E-state index contributed by atoms with van der Waals surface area (Å²) in [6.45, 7) is 7.39. The molecule has 1 fully saturated rings. The number of Topliss-reactive ketones (excluding diaryl/α,β-unsaturated/α-hetero) is 1. The number of likely N-dealkylation sites (tertiary alicyclic amines) is 1. The maximum Gasteiger partial charge on any atom is 0.220 e. The third-order valence-corrected chi connectivity index (χ3v) is 2.57. The summed E-state index contributed by atoms with van der Waals surface area (Å²) in [6.07, 6.45) is 2.63. The van der Waals surface area contributed by atoms with Crippen molar-refractivity contribution in [2.45, 2.75) is 26.3 Å². The van der Waals surface area contributed by atoms with Crippen molar-refractivity contribution in [2.24, 2.45) is 5.92 Å². The summed E-state index contributed by atoms with van der Waals surface area (Å²) >= 11 is 0. The lowest BCUT2D eigenvalue weighted by Gasteiger charge is -2.23. The molecule has 0 aromatic carbocycles. The molecule has 1 rings (SSSR count). The van der Waals surface area contributed by atoms with Gasteiger partial charge in [-0.15, -0.1) is 6.58 Å². The first kappa shape index (κ1) is 9.96. The smallest absolute Gasteiger partial charge is 0.220 e. The van der Waals surface area contributed by atoms with Gasteiger partial charge in [0.1, 0.15) is 0 Å². The summed E-state index contributed by atoms with van der Waals surface area (Å²) in [5.41, 5.74) is 0. The molecule has 0 aromatic heterocycles. The van der Waals surface area contributed by atoms with Gasteiger partial charge in [-0.1, -0.05) is 6.08 Å². The fraction of sp³-hybridized carbons (Fsp3) is 0.600. The van der Waals surface area contributed by atoms with Crippen LogP contribution in [0.25, 0.3) is 0 Å². The SMILES string of the molecule is C=C[C@H]1CCN(C(C)=O)[C@@H]1C(C)=O. The first-order chi connectivity index (χ1) is 6.07. The molecule has 0 unspecified atom stereocenters. The molecule has 1 aliphatic heterocycles. The number of hydrogen-bond acceptors (Lipinski definition) is 2. The normalized spacial score (nSPS) is 27.4. The van der Waals surface area contributed by atoms with Gasteiger partial charge in [0.2, 0.25) is 5.91 Å². The Morgan fingerprint density at radius 1 is 1.46 bits per heavy atom. The molecule has 2 atom stereocenters. The molecular formula is C10H15NO2. The molecule has 1 heterocycles. The molecule has 0 aromatic rings. The van der Waals surface area contributed by atoms with Gasteiger partial charge in [0.25, 0.3) is 0 Å². The minimum Gasteiger partial charge on any atom is -0.332 e. The maximum absolute atomic E-state index is 11.3. The Labute approximate surface area is 78.4 Å². The average Bonchev–Trinajstić information content (AvgIpc) is 2.46. The minimum atomic E-state index is -0.269. The lowest BCUT2D eigenvalue weighted by Crippen LogP contribution is -2.40. The van der Waals surface area contributed by atoms with E-state index in [-0.39, 0.29) is 23.7 Å². The first-order valence-corrected chi connectivity index (χ1v) is 4.48. The Hall–Kier alpha value is -1.12. The van der Waals surface area contributed by atoms with E-state index in [1.807, 2.05) is 0 Å². The van der Waals surface area contributed by atoms with Crippen molar-refractivity contribution in [2.75, 3.05) is 6.54 Å². The Balaban J connectivity index is 2.84. The van der Waals surface area contributed by atoms with Gasteiger partial charge in [0.05, 0.1) is 6.04 Å². The third-order valence-electron chi connectivity index (χ3n) is 2.57. The second-order valence-electron chi connectivity index (χ2n) is 3.46. The van der Waals surface area contributed by atoms with Gasteiger partial charge < -0.3 is 4.90 Å². The number of amides is 1. The second-order valence-corrected chi connectivity index (χ2v) is 3.46. The van der Waals surface area contributed by atoms with Gasteiger partial charge in [0, 0.05) is 19.4 Å². The van der Waals surface area contributed by atoms with E-state index in [1.54, 1.807) is 11.0 Å². The van der Waals surface area contributed by atoms with E-state index in [4.69, 9.17) is 0 Å². The van der Waals surface area contributed by atoms with Gasteiger partial charge >= 0.3 is 0 Å². The lowest BCUT2D eigenvalue weighted by molar-refractivity contribution is -0.135.